The molecule has 0 amide bonds. The van der Waals surface area contributed by atoms with Gasteiger partial charge in [-0.15, -0.1) is 0 Å². The molecule has 1 saturated heterocycles. The summed E-state index contributed by atoms with van der Waals surface area (Å²) in [6.07, 6.45) is 2.78. The van der Waals surface area contributed by atoms with Crippen molar-refractivity contribution in [2.24, 2.45) is 0 Å². The molecule has 1 aliphatic rings. The normalized spacial score (nSPS) is 16.2. The van der Waals surface area contributed by atoms with Crippen molar-refractivity contribution in [1.29, 1.82) is 0 Å². The quantitative estimate of drug-likeness (QED) is 0.536. The lowest BCUT2D eigenvalue weighted by atomic mass is 10.2. The summed E-state index contributed by atoms with van der Waals surface area (Å²) in [5, 5.41) is 0.288. The van der Waals surface area contributed by atoms with E-state index in [1.54, 1.807) is 13.3 Å². The number of rotatable bonds is 8. The van der Waals surface area contributed by atoms with Gasteiger partial charge in [0.25, 0.3) is 0 Å². The van der Waals surface area contributed by atoms with Crippen molar-refractivity contribution in [3.63, 3.8) is 0 Å². The van der Waals surface area contributed by atoms with Crippen molar-refractivity contribution in [1.82, 2.24) is 14.9 Å². The molecular weight excluding hydrogens is 304 g/mol. The van der Waals surface area contributed by atoms with Crippen LogP contribution in [0.1, 0.15) is 18.9 Å². The van der Waals surface area contributed by atoms with Gasteiger partial charge in [-0.2, -0.15) is 0 Å². The molecule has 0 aromatic carbocycles. The second-order valence-corrected chi connectivity index (χ2v) is 5.70. The van der Waals surface area contributed by atoms with Crippen molar-refractivity contribution < 1.29 is 9.47 Å². The summed E-state index contributed by atoms with van der Waals surface area (Å²) in [7, 11) is 1.74. The Kier molecular flexibility index (Phi) is 7.32. The van der Waals surface area contributed by atoms with Crippen molar-refractivity contribution in [2.75, 3.05) is 57.9 Å². The molecule has 22 heavy (non-hydrogen) atoms. The average molecular weight is 329 g/mol. The summed E-state index contributed by atoms with van der Waals surface area (Å²) >= 11 is 5.98. The first kappa shape index (κ1) is 17.4. The number of aromatic nitrogens is 2. The van der Waals surface area contributed by atoms with Crippen LogP contribution in [0.4, 0.5) is 5.82 Å². The summed E-state index contributed by atoms with van der Waals surface area (Å²) in [6, 6.07) is 0. The molecule has 1 fully saturated rings. The predicted octanol–water partition coefficient (Wildman–Crippen LogP) is 1.82. The molecular formula is C15H25ClN4O2. The van der Waals surface area contributed by atoms with E-state index in [0.29, 0.717) is 6.61 Å². The van der Waals surface area contributed by atoms with Crippen LogP contribution in [0.5, 0.6) is 0 Å². The minimum Gasteiger partial charge on any atom is -0.383 e. The van der Waals surface area contributed by atoms with E-state index in [2.05, 4.69) is 26.7 Å². The van der Waals surface area contributed by atoms with Gasteiger partial charge in [-0.25, -0.2) is 9.97 Å². The zero-order chi connectivity index (χ0) is 15.8. The zero-order valence-electron chi connectivity index (χ0n) is 13.4. The van der Waals surface area contributed by atoms with Gasteiger partial charge in [-0.1, -0.05) is 6.92 Å². The van der Waals surface area contributed by atoms with E-state index in [-0.39, 0.29) is 5.28 Å². The number of methoxy groups -OCH3 is 1. The molecule has 0 spiro atoms. The summed E-state index contributed by atoms with van der Waals surface area (Å²) in [6.45, 7) is 8.97. The molecule has 0 bridgehead atoms. The van der Waals surface area contributed by atoms with E-state index in [4.69, 9.17) is 21.1 Å². The molecule has 124 valence electrons. The molecule has 0 atom stereocenters. The smallest absolute Gasteiger partial charge is 0.224 e. The molecule has 0 saturated carbocycles. The Morgan fingerprint density at radius 3 is 2.68 bits per heavy atom. The Bertz CT molecular complexity index is 453. The largest absolute Gasteiger partial charge is 0.383 e. The standard InChI is InChI=1S/C15H25ClN4O2/c1-3-9-22-12-13-11-17-15(16)18-14(13)20-6-4-19(5-7-20)8-10-21-2/h11H,3-10,12H2,1-2H3. The van der Waals surface area contributed by atoms with Gasteiger partial charge in [-0.05, 0) is 18.0 Å². The molecule has 1 aromatic rings. The zero-order valence-corrected chi connectivity index (χ0v) is 14.2. The molecule has 0 N–H and O–H groups in total. The van der Waals surface area contributed by atoms with Crippen LogP contribution in [-0.2, 0) is 16.1 Å². The topological polar surface area (TPSA) is 50.7 Å². The molecule has 7 heteroatoms. The van der Waals surface area contributed by atoms with Gasteiger partial charge in [0.15, 0.2) is 0 Å². The third-order valence-corrected chi connectivity index (χ3v) is 3.88. The number of anilines is 1. The number of ether oxygens (including phenoxy) is 2. The lowest BCUT2D eigenvalue weighted by Crippen LogP contribution is -2.47. The molecule has 1 aliphatic heterocycles. The van der Waals surface area contributed by atoms with Crippen LogP contribution in [-0.4, -0.2) is 67.9 Å². The van der Waals surface area contributed by atoms with Crippen molar-refractivity contribution in [3.05, 3.63) is 17.0 Å². The van der Waals surface area contributed by atoms with Gasteiger partial charge in [-0.3, -0.25) is 4.90 Å². The summed E-state index contributed by atoms with van der Waals surface area (Å²) in [5.41, 5.74) is 1.00. The lowest BCUT2D eigenvalue weighted by Gasteiger charge is -2.36. The van der Waals surface area contributed by atoms with E-state index in [0.717, 1.165) is 63.7 Å². The predicted molar refractivity (Wildman–Crippen MR) is 87.5 cm³/mol. The highest BCUT2D eigenvalue weighted by Gasteiger charge is 2.20. The van der Waals surface area contributed by atoms with Gasteiger partial charge in [0.05, 0.1) is 13.2 Å². The fourth-order valence-corrected chi connectivity index (χ4v) is 2.61. The van der Waals surface area contributed by atoms with Gasteiger partial charge >= 0.3 is 0 Å². The van der Waals surface area contributed by atoms with Gasteiger partial charge in [0, 0.05) is 58.2 Å². The number of hydrogen-bond acceptors (Lipinski definition) is 6. The molecule has 2 rings (SSSR count). The van der Waals surface area contributed by atoms with Crippen LogP contribution in [0.15, 0.2) is 6.20 Å². The van der Waals surface area contributed by atoms with E-state index in [1.807, 2.05) is 0 Å². The van der Waals surface area contributed by atoms with Crippen LogP contribution in [0.3, 0.4) is 0 Å². The lowest BCUT2D eigenvalue weighted by molar-refractivity contribution is 0.121. The first-order valence-electron chi connectivity index (χ1n) is 7.80. The highest BCUT2D eigenvalue weighted by molar-refractivity contribution is 6.28. The van der Waals surface area contributed by atoms with Crippen LogP contribution < -0.4 is 4.90 Å². The second kappa shape index (κ2) is 9.25. The number of nitrogens with zero attached hydrogens (tertiary/aromatic N) is 4. The van der Waals surface area contributed by atoms with Gasteiger partial charge in [0.1, 0.15) is 5.82 Å². The number of piperazine rings is 1. The second-order valence-electron chi connectivity index (χ2n) is 5.36. The van der Waals surface area contributed by atoms with E-state index >= 15 is 0 Å². The highest BCUT2D eigenvalue weighted by Crippen LogP contribution is 2.21. The van der Waals surface area contributed by atoms with Gasteiger partial charge < -0.3 is 14.4 Å². The average Bonchev–Trinajstić information content (AvgIpc) is 2.55. The molecule has 6 nitrogen and oxygen atoms in total. The number of hydrogen-bond donors (Lipinski definition) is 0. The summed E-state index contributed by atoms with van der Waals surface area (Å²) in [4.78, 5) is 13.2. The van der Waals surface area contributed by atoms with Crippen LogP contribution in [0, 0.1) is 0 Å². The molecule has 2 heterocycles. The van der Waals surface area contributed by atoms with Gasteiger partial charge in [0.2, 0.25) is 5.28 Å². The maximum atomic E-state index is 5.98. The van der Waals surface area contributed by atoms with E-state index in [9.17, 15) is 0 Å². The Morgan fingerprint density at radius 1 is 1.23 bits per heavy atom. The van der Waals surface area contributed by atoms with Crippen LogP contribution in [0.25, 0.3) is 0 Å². The molecule has 0 aliphatic carbocycles. The van der Waals surface area contributed by atoms with Crippen LogP contribution >= 0.6 is 11.6 Å². The monoisotopic (exact) mass is 328 g/mol. The minimum atomic E-state index is 0.288. The van der Waals surface area contributed by atoms with Crippen LogP contribution in [0.2, 0.25) is 5.28 Å². The SMILES string of the molecule is CCCOCc1cnc(Cl)nc1N1CCN(CCOC)CC1. The summed E-state index contributed by atoms with van der Waals surface area (Å²) in [5.74, 6) is 0.905. The number of halogens is 1. The van der Waals surface area contributed by atoms with Crippen molar-refractivity contribution >= 4 is 17.4 Å². The molecule has 1 aromatic heterocycles. The first-order chi connectivity index (χ1) is 10.7. The van der Waals surface area contributed by atoms with Crippen molar-refractivity contribution in [3.8, 4) is 0 Å². The van der Waals surface area contributed by atoms with Crippen molar-refractivity contribution in [2.45, 2.75) is 20.0 Å². The fraction of sp³-hybridized carbons (Fsp3) is 0.733. The Morgan fingerprint density at radius 2 is 2.00 bits per heavy atom. The Hall–Kier alpha value is -0.950. The summed E-state index contributed by atoms with van der Waals surface area (Å²) < 4.78 is 10.8. The first-order valence-corrected chi connectivity index (χ1v) is 8.17. The third-order valence-electron chi connectivity index (χ3n) is 3.70. The molecule has 0 unspecified atom stereocenters. The maximum Gasteiger partial charge on any atom is 0.224 e. The third kappa shape index (κ3) is 5.05. The van der Waals surface area contributed by atoms with E-state index < -0.39 is 0 Å². The fourth-order valence-electron chi connectivity index (χ4n) is 2.48. The Labute approximate surface area is 137 Å². The van der Waals surface area contributed by atoms with E-state index in [1.165, 1.54) is 0 Å². The molecule has 0 radical (unpaired) electrons. The highest BCUT2D eigenvalue weighted by atomic mass is 35.5. The Balaban J connectivity index is 1.97. The maximum absolute atomic E-state index is 5.98. The minimum absolute atomic E-state index is 0.288.